The lowest BCUT2D eigenvalue weighted by Crippen LogP contribution is -2.39. The van der Waals surface area contributed by atoms with Crippen molar-refractivity contribution in [3.05, 3.63) is 0 Å². The van der Waals surface area contributed by atoms with E-state index in [4.69, 9.17) is 14.6 Å². The number of hydrogen-bond acceptors (Lipinski definition) is 4. The average molecular weight is 176 g/mol. The molecular formula is C6H12N2O4. The molecule has 0 spiro atoms. The van der Waals surface area contributed by atoms with Crippen molar-refractivity contribution in [2.75, 3.05) is 21.0 Å². The summed E-state index contributed by atoms with van der Waals surface area (Å²) >= 11 is 0. The minimum absolute atomic E-state index is 0.385. The molecule has 0 aromatic heterocycles. The van der Waals surface area contributed by atoms with Crippen LogP contribution in [-0.2, 0) is 9.47 Å². The molecule has 0 saturated carbocycles. The Morgan fingerprint density at radius 3 is 2.67 bits per heavy atom. The molecule has 0 radical (unpaired) electrons. The molecule has 2 amide bonds. The van der Waals surface area contributed by atoms with Crippen LogP contribution >= 0.6 is 0 Å². The monoisotopic (exact) mass is 176 g/mol. The van der Waals surface area contributed by atoms with Crippen molar-refractivity contribution >= 4 is 6.03 Å². The van der Waals surface area contributed by atoms with E-state index in [0.717, 1.165) is 4.90 Å². The summed E-state index contributed by atoms with van der Waals surface area (Å²) in [5.41, 5.74) is 0. The number of hydrogen-bond donors (Lipinski definition) is 2. The Kier molecular flexibility index (Phi) is 2.85. The Labute approximate surface area is 70.1 Å². The lowest BCUT2D eigenvalue weighted by molar-refractivity contribution is -0.0955. The first-order valence-electron chi connectivity index (χ1n) is 3.48. The van der Waals surface area contributed by atoms with Gasteiger partial charge < -0.3 is 19.9 Å². The summed E-state index contributed by atoms with van der Waals surface area (Å²) in [6, 6.07) is -0.392. The van der Waals surface area contributed by atoms with Gasteiger partial charge in [-0.2, -0.15) is 0 Å². The molecule has 2 N–H and O–H groups in total. The van der Waals surface area contributed by atoms with Gasteiger partial charge in [0.15, 0.2) is 12.5 Å². The minimum Gasteiger partial charge on any atom is -0.376 e. The van der Waals surface area contributed by atoms with E-state index >= 15 is 0 Å². The van der Waals surface area contributed by atoms with Crippen molar-refractivity contribution in [1.82, 2.24) is 10.2 Å². The predicted molar refractivity (Wildman–Crippen MR) is 39.1 cm³/mol. The van der Waals surface area contributed by atoms with Crippen molar-refractivity contribution in [3.8, 4) is 0 Å². The van der Waals surface area contributed by atoms with Crippen LogP contribution in [0.2, 0.25) is 0 Å². The molecule has 0 aromatic rings. The number of nitrogens with one attached hydrogen (secondary N) is 1. The second kappa shape index (κ2) is 3.70. The highest BCUT2D eigenvalue weighted by Crippen LogP contribution is 2.13. The number of amides is 2. The number of nitrogens with zero attached hydrogens (tertiary/aromatic N) is 1. The van der Waals surface area contributed by atoms with E-state index in [1.54, 1.807) is 0 Å². The van der Waals surface area contributed by atoms with Gasteiger partial charge in [-0.05, 0) is 0 Å². The lowest BCUT2D eigenvalue weighted by Gasteiger charge is -2.21. The highest BCUT2D eigenvalue weighted by Gasteiger charge is 2.39. The molecule has 1 heterocycles. The van der Waals surface area contributed by atoms with Gasteiger partial charge >= 0.3 is 6.03 Å². The van der Waals surface area contributed by atoms with Crippen LogP contribution in [0.3, 0.4) is 0 Å². The summed E-state index contributed by atoms with van der Waals surface area (Å²) < 4.78 is 9.85. The fraction of sp³-hybridized carbons (Fsp3) is 0.833. The van der Waals surface area contributed by atoms with Crippen LogP contribution in [0.15, 0.2) is 0 Å². The Balaban J connectivity index is 2.68. The SMILES string of the molecule is CO[C@@H]1NC(=O)N(CO)[C@H]1OC. The van der Waals surface area contributed by atoms with Gasteiger partial charge in [-0.3, -0.25) is 4.90 Å². The number of carbonyl (C=O) groups excluding carboxylic acids is 1. The fourth-order valence-corrected chi connectivity index (χ4v) is 1.13. The van der Waals surface area contributed by atoms with Gasteiger partial charge in [0.25, 0.3) is 0 Å². The third-order valence-corrected chi connectivity index (χ3v) is 1.74. The van der Waals surface area contributed by atoms with E-state index < -0.39 is 18.5 Å². The van der Waals surface area contributed by atoms with E-state index in [-0.39, 0.29) is 6.73 Å². The molecule has 1 aliphatic rings. The normalized spacial score (nSPS) is 29.2. The van der Waals surface area contributed by atoms with Gasteiger partial charge in [-0.25, -0.2) is 4.79 Å². The third kappa shape index (κ3) is 1.36. The standard InChI is InChI=1S/C6H12N2O4/c1-11-4-5(12-2)8(3-9)6(10)7-4/h4-5,9H,3H2,1-2H3,(H,7,10)/t4-,5-/m0/s1. The van der Waals surface area contributed by atoms with Gasteiger partial charge in [0.1, 0.15) is 6.73 Å². The van der Waals surface area contributed by atoms with Gasteiger partial charge in [0.2, 0.25) is 0 Å². The maximum absolute atomic E-state index is 11.0. The average Bonchev–Trinajstić information content (AvgIpc) is 2.40. The van der Waals surface area contributed by atoms with Crippen molar-refractivity contribution in [2.45, 2.75) is 12.5 Å². The number of urea groups is 1. The van der Waals surface area contributed by atoms with E-state index in [1.165, 1.54) is 14.2 Å². The molecule has 0 aliphatic carbocycles. The van der Waals surface area contributed by atoms with Crippen LogP contribution in [0.5, 0.6) is 0 Å². The number of aliphatic hydroxyl groups is 1. The Morgan fingerprint density at radius 1 is 1.58 bits per heavy atom. The number of methoxy groups -OCH3 is 2. The molecule has 0 bridgehead atoms. The van der Waals surface area contributed by atoms with E-state index in [2.05, 4.69) is 5.32 Å². The number of carbonyl (C=O) groups is 1. The van der Waals surface area contributed by atoms with E-state index in [1.807, 2.05) is 0 Å². The molecule has 6 heteroatoms. The molecule has 0 aromatic carbocycles. The maximum atomic E-state index is 11.0. The first-order valence-corrected chi connectivity index (χ1v) is 3.48. The predicted octanol–water partition coefficient (Wildman–Crippen LogP) is -1.09. The lowest BCUT2D eigenvalue weighted by atomic mass is 10.5. The Bertz CT molecular complexity index is 175. The van der Waals surface area contributed by atoms with Crippen molar-refractivity contribution in [3.63, 3.8) is 0 Å². The molecule has 1 saturated heterocycles. The van der Waals surface area contributed by atoms with Gasteiger partial charge in [0, 0.05) is 14.2 Å². The first kappa shape index (κ1) is 9.24. The Hall–Kier alpha value is -0.850. The third-order valence-electron chi connectivity index (χ3n) is 1.74. The second-order valence-electron chi connectivity index (χ2n) is 2.34. The molecule has 6 nitrogen and oxygen atoms in total. The molecule has 1 rings (SSSR count). The van der Waals surface area contributed by atoms with Crippen molar-refractivity contribution in [2.24, 2.45) is 0 Å². The van der Waals surface area contributed by atoms with E-state index in [0.29, 0.717) is 0 Å². The van der Waals surface area contributed by atoms with E-state index in [9.17, 15) is 4.79 Å². The number of aliphatic hydroxyl groups excluding tert-OH is 1. The van der Waals surface area contributed by atoms with Gasteiger partial charge in [0.05, 0.1) is 0 Å². The van der Waals surface area contributed by atoms with Crippen LogP contribution in [0, 0.1) is 0 Å². The topological polar surface area (TPSA) is 71.0 Å². The van der Waals surface area contributed by atoms with Crippen LogP contribution in [0.1, 0.15) is 0 Å². The largest absolute Gasteiger partial charge is 0.376 e. The number of ether oxygens (including phenoxy) is 2. The molecule has 0 unspecified atom stereocenters. The molecule has 1 aliphatic heterocycles. The summed E-state index contributed by atoms with van der Waals surface area (Å²) in [5.74, 6) is 0. The summed E-state index contributed by atoms with van der Waals surface area (Å²) in [4.78, 5) is 12.2. The Morgan fingerprint density at radius 2 is 2.25 bits per heavy atom. The van der Waals surface area contributed by atoms with Crippen molar-refractivity contribution in [1.29, 1.82) is 0 Å². The fourth-order valence-electron chi connectivity index (χ4n) is 1.13. The van der Waals surface area contributed by atoms with Gasteiger partial charge in [-0.1, -0.05) is 0 Å². The summed E-state index contributed by atoms with van der Waals surface area (Å²) in [6.45, 7) is -0.385. The smallest absolute Gasteiger partial charge is 0.323 e. The molecule has 2 atom stereocenters. The summed E-state index contributed by atoms with van der Waals surface area (Å²) in [5, 5.41) is 11.3. The van der Waals surface area contributed by atoms with Crippen LogP contribution in [-0.4, -0.2) is 49.4 Å². The molecule has 70 valence electrons. The molecular weight excluding hydrogens is 164 g/mol. The first-order chi connectivity index (χ1) is 5.74. The quantitative estimate of drug-likeness (QED) is 0.573. The zero-order valence-corrected chi connectivity index (χ0v) is 6.98. The molecule has 12 heavy (non-hydrogen) atoms. The second-order valence-corrected chi connectivity index (χ2v) is 2.34. The van der Waals surface area contributed by atoms with Gasteiger partial charge in [-0.15, -0.1) is 0 Å². The highest BCUT2D eigenvalue weighted by atomic mass is 16.6. The highest BCUT2D eigenvalue weighted by molar-refractivity contribution is 5.76. The summed E-state index contributed by atoms with van der Waals surface area (Å²) in [7, 11) is 2.90. The zero-order valence-electron chi connectivity index (χ0n) is 6.98. The molecule has 1 fully saturated rings. The maximum Gasteiger partial charge on any atom is 0.323 e. The number of rotatable bonds is 3. The summed E-state index contributed by atoms with van der Waals surface area (Å²) in [6.07, 6.45) is -1.08. The van der Waals surface area contributed by atoms with Crippen LogP contribution < -0.4 is 5.32 Å². The van der Waals surface area contributed by atoms with Crippen molar-refractivity contribution < 1.29 is 19.4 Å². The van der Waals surface area contributed by atoms with Crippen LogP contribution in [0.25, 0.3) is 0 Å². The minimum atomic E-state index is -0.563. The van der Waals surface area contributed by atoms with Crippen LogP contribution in [0.4, 0.5) is 4.79 Å². The zero-order chi connectivity index (χ0) is 9.14.